The Bertz CT molecular complexity index is 612. The second-order valence-electron chi connectivity index (χ2n) is 4.28. The third-order valence-electron chi connectivity index (χ3n) is 2.72. The summed E-state index contributed by atoms with van der Waals surface area (Å²) in [5.74, 6) is 0.570. The minimum Gasteiger partial charge on any atom is -0.397 e. The van der Waals surface area contributed by atoms with Gasteiger partial charge in [0, 0.05) is 22.8 Å². The first kappa shape index (κ1) is 16.0. The van der Waals surface area contributed by atoms with E-state index in [4.69, 9.17) is 28.9 Å². The minimum atomic E-state index is -0.214. The summed E-state index contributed by atoms with van der Waals surface area (Å²) in [4.78, 5) is 13.2. The Balaban J connectivity index is 1.85. The van der Waals surface area contributed by atoms with Crippen LogP contribution in [-0.2, 0) is 0 Å². The lowest BCUT2D eigenvalue weighted by molar-refractivity contribution is 0.0956. The van der Waals surface area contributed by atoms with Gasteiger partial charge in [0.05, 0.1) is 15.7 Å². The van der Waals surface area contributed by atoms with Crippen LogP contribution in [0, 0.1) is 0 Å². The maximum atomic E-state index is 12.0. The predicted octanol–water partition coefficient (Wildman–Crippen LogP) is 4.10. The molecule has 2 rings (SSSR count). The Morgan fingerprint density at radius 1 is 1.19 bits per heavy atom. The molecular formula is C15H14Cl2N2OS. The Morgan fingerprint density at radius 3 is 2.57 bits per heavy atom. The summed E-state index contributed by atoms with van der Waals surface area (Å²) in [7, 11) is 0. The highest BCUT2D eigenvalue weighted by atomic mass is 35.5. The zero-order chi connectivity index (χ0) is 15.2. The second-order valence-corrected chi connectivity index (χ2v) is 6.23. The molecule has 0 saturated carbocycles. The van der Waals surface area contributed by atoms with Crippen molar-refractivity contribution in [3.05, 3.63) is 58.1 Å². The molecule has 110 valence electrons. The number of nitrogens with two attached hydrogens (primary N) is 1. The van der Waals surface area contributed by atoms with E-state index in [1.165, 1.54) is 17.0 Å². The van der Waals surface area contributed by atoms with Crippen molar-refractivity contribution in [2.24, 2.45) is 0 Å². The van der Waals surface area contributed by atoms with E-state index in [2.05, 4.69) is 5.32 Å². The summed E-state index contributed by atoms with van der Waals surface area (Å²) >= 11 is 13.4. The van der Waals surface area contributed by atoms with Crippen molar-refractivity contribution >= 4 is 46.6 Å². The van der Waals surface area contributed by atoms with Crippen molar-refractivity contribution in [2.45, 2.75) is 4.90 Å². The third kappa shape index (κ3) is 4.56. The van der Waals surface area contributed by atoms with Gasteiger partial charge in [0.25, 0.3) is 5.91 Å². The summed E-state index contributed by atoms with van der Waals surface area (Å²) in [6.45, 7) is 0.554. The first-order chi connectivity index (χ1) is 10.1. The summed E-state index contributed by atoms with van der Waals surface area (Å²) in [6, 6.07) is 13.0. The molecule has 0 radical (unpaired) electrons. The van der Waals surface area contributed by atoms with Crippen LogP contribution in [0.25, 0.3) is 0 Å². The standard InChI is InChI=1S/C15H14Cl2N2OS/c16-12-8-10(9-13(18)14(12)17)15(20)19-6-7-21-11-4-2-1-3-5-11/h1-5,8-9H,6-7,18H2,(H,19,20). The third-order valence-corrected chi connectivity index (χ3v) is 4.55. The van der Waals surface area contributed by atoms with Crippen LogP contribution in [0.3, 0.4) is 0 Å². The van der Waals surface area contributed by atoms with Crippen molar-refractivity contribution in [3.8, 4) is 0 Å². The molecule has 0 fully saturated rings. The van der Waals surface area contributed by atoms with Crippen LogP contribution >= 0.6 is 35.0 Å². The highest BCUT2D eigenvalue weighted by Gasteiger charge is 2.10. The van der Waals surface area contributed by atoms with E-state index in [0.717, 1.165) is 5.75 Å². The Morgan fingerprint density at radius 2 is 1.90 bits per heavy atom. The molecule has 3 nitrogen and oxygen atoms in total. The van der Waals surface area contributed by atoms with Crippen molar-refractivity contribution in [1.29, 1.82) is 0 Å². The summed E-state index contributed by atoms with van der Waals surface area (Å²) in [5, 5.41) is 3.38. The molecule has 0 spiro atoms. The molecule has 0 aliphatic carbocycles. The van der Waals surface area contributed by atoms with Gasteiger partial charge in [-0.15, -0.1) is 11.8 Å². The van der Waals surface area contributed by atoms with Crippen LogP contribution in [0.15, 0.2) is 47.4 Å². The number of thioether (sulfide) groups is 1. The molecule has 2 aromatic carbocycles. The molecule has 0 saturated heterocycles. The fourth-order valence-electron chi connectivity index (χ4n) is 1.69. The number of anilines is 1. The lowest BCUT2D eigenvalue weighted by Crippen LogP contribution is -2.25. The average Bonchev–Trinajstić information content (AvgIpc) is 2.49. The molecule has 1 amide bonds. The number of hydrogen-bond donors (Lipinski definition) is 2. The van der Waals surface area contributed by atoms with Gasteiger partial charge in [-0.1, -0.05) is 41.4 Å². The van der Waals surface area contributed by atoms with Gasteiger partial charge in [-0.2, -0.15) is 0 Å². The largest absolute Gasteiger partial charge is 0.397 e. The molecule has 0 aromatic heterocycles. The Kier molecular flexibility index (Phi) is 5.79. The van der Waals surface area contributed by atoms with E-state index in [1.807, 2.05) is 30.3 Å². The number of rotatable bonds is 5. The zero-order valence-corrected chi connectivity index (χ0v) is 13.4. The van der Waals surface area contributed by atoms with Crippen LogP contribution in [0.4, 0.5) is 5.69 Å². The molecular weight excluding hydrogens is 327 g/mol. The number of amides is 1. The number of halogens is 2. The van der Waals surface area contributed by atoms with E-state index >= 15 is 0 Å². The van der Waals surface area contributed by atoms with E-state index in [9.17, 15) is 4.79 Å². The monoisotopic (exact) mass is 340 g/mol. The zero-order valence-electron chi connectivity index (χ0n) is 11.1. The Labute approximate surface area is 137 Å². The van der Waals surface area contributed by atoms with Crippen LogP contribution in [-0.4, -0.2) is 18.2 Å². The molecule has 2 aromatic rings. The van der Waals surface area contributed by atoms with Crippen molar-refractivity contribution < 1.29 is 4.79 Å². The molecule has 3 N–H and O–H groups in total. The average molecular weight is 341 g/mol. The van der Waals surface area contributed by atoms with Crippen molar-refractivity contribution in [3.63, 3.8) is 0 Å². The number of carbonyl (C=O) groups excluding carboxylic acids is 1. The van der Waals surface area contributed by atoms with E-state index in [-0.39, 0.29) is 16.0 Å². The number of hydrogen-bond acceptors (Lipinski definition) is 3. The topological polar surface area (TPSA) is 55.1 Å². The number of benzene rings is 2. The van der Waals surface area contributed by atoms with Gasteiger partial charge >= 0.3 is 0 Å². The number of nitrogens with one attached hydrogen (secondary N) is 1. The smallest absolute Gasteiger partial charge is 0.251 e. The van der Waals surface area contributed by atoms with Crippen LogP contribution in [0.1, 0.15) is 10.4 Å². The van der Waals surface area contributed by atoms with Crippen molar-refractivity contribution in [2.75, 3.05) is 18.0 Å². The highest BCUT2D eigenvalue weighted by molar-refractivity contribution is 7.99. The van der Waals surface area contributed by atoms with Crippen LogP contribution in [0.5, 0.6) is 0 Å². The van der Waals surface area contributed by atoms with E-state index < -0.39 is 0 Å². The van der Waals surface area contributed by atoms with E-state index in [0.29, 0.717) is 17.8 Å². The maximum Gasteiger partial charge on any atom is 0.251 e. The van der Waals surface area contributed by atoms with Gasteiger partial charge in [0.1, 0.15) is 0 Å². The molecule has 0 heterocycles. The minimum absolute atomic E-state index is 0.214. The SMILES string of the molecule is Nc1cc(C(=O)NCCSc2ccccc2)cc(Cl)c1Cl. The number of carbonyl (C=O) groups is 1. The molecule has 0 unspecified atom stereocenters. The molecule has 0 bridgehead atoms. The molecule has 21 heavy (non-hydrogen) atoms. The summed E-state index contributed by atoms with van der Waals surface area (Å²) in [6.07, 6.45) is 0. The van der Waals surface area contributed by atoms with E-state index in [1.54, 1.807) is 11.8 Å². The predicted molar refractivity (Wildman–Crippen MR) is 90.4 cm³/mol. The first-order valence-electron chi connectivity index (χ1n) is 6.28. The second kappa shape index (κ2) is 7.59. The number of nitrogen functional groups attached to an aromatic ring is 1. The lowest BCUT2D eigenvalue weighted by Gasteiger charge is -2.08. The van der Waals surface area contributed by atoms with Crippen LogP contribution in [0.2, 0.25) is 10.0 Å². The van der Waals surface area contributed by atoms with Gasteiger partial charge in [0.15, 0.2) is 0 Å². The van der Waals surface area contributed by atoms with Gasteiger partial charge < -0.3 is 11.1 Å². The summed E-state index contributed by atoms with van der Waals surface area (Å²) in [5.41, 5.74) is 6.40. The molecule has 0 atom stereocenters. The summed E-state index contributed by atoms with van der Waals surface area (Å²) < 4.78 is 0. The molecule has 0 aliphatic rings. The van der Waals surface area contributed by atoms with Crippen LogP contribution < -0.4 is 11.1 Å². The Hall–Kier alpha value is -1.36. The lowest BCUT2D eigenvalue weighted by atomic mass is 10.2. The fourth-order valence-corrected chi connectivity index (χ4v) is 2.82. The van der Waals surface area contributed by atoms with Gasteiger partial charge in [-0.05, 0) is 24.3 Å². The molecule has 0 aliphatic heterocycles. The first-order valence-corrected chi connectivity index (χ1v) is 8.02. The van der Waals surface area contributed by atoms with Gasteiger partial charge in [-0.3, -0.25) is 4.79 Å². The highest BCUT2D eigenvalue weighted by Crippen LogP contribution is 2.29. The molecule has 6 heteroatoms. The quantitative estimate of drug-likeness (QED) is 0.489. The fraction of sp³-hybridized carbons (Fsp3) is 0.133. The maximum absolute atomic E-state index is 12.0. The van der Waals surface area contributed by atoms with Gasteiger partial charge in [0.2, 0.25) is 0 Å². The van der Waals surface area contributed by atoms with Crippen molar-refractivity contribution in [1.82, 2.24) is 5.32 Å². The normalized spacial score (nSPS) is 10.4. The van der Waals surface area contributed by atoms with Gasteiger partial charge in [-0.25, -0.2) is 0 Å².